The van der Waals surface area contributed by atoms with Crippen molar-refractivity contribution in [3.8, 4) is 0 Å². The number of ether oxygens (including phenoxy) is 1. The van der Waals surface area contributed by atoms with E-state index in [0.29, 0.717) is 31.5 Å². The third-order valence-corrected chi connectivity index (χ3v) is 4.07. The summed E-state index contributed by atoms with van der Waals surface area (Å²) in [6.45, 7) is 6.98. The molecule has 0 aromatic heterocycles. The zero-order valence-corrected chi connectivity index (χ0v) is 13.2. The summed E-state index contributed by atoms with van der Waals surface area (Å²) in [4.78, 5) is 12.0. The fourth-order valence-corrected chi connectivity index (χ4v) is 2.64. The Balaban J connectivity index is 1.68. The first kappa shape index (κ1) is 16.2. The first-order chi connectivity index (χ1) is 10.1. The molecule has 1 aromatic rings. The predicted octanol–water partition coefficient (Wildman–Crippen LogP) is 3.08. The summed E-state index contributed by atoms with van der Waals surface area (Å²) in [5.41, 5.74) is 2.42. The Morgan fingerprint density at radius 1 is 1.24 bits per heavy atom. The summed E-state index contributed by atoms with van der Waals surface area (Å²) in [5.74, 6) is 0.800. The zero-order valence-electron chi connectivity index (χ0n) is 13.2. The molecule has 1 saturated heterocycles. The lowest BCUT2D eigenvalue weighted by molar-refractivity contribution is -0.120. The Morgan fingerprint density at radius 3 is 2.52 bits per heavy atom. The highest BCUT2D eigenvalue weighted by Crippen LogP contribution is 2.15. The zero-order chi connectivity index (χ0) is 15.1. The molecule has 0 unspecified atom stereocenters. The highest BCUT2D eigenvalue weighted by atomic mass is 16.5. The fourth-order valence-electron chi connectivity index (χ4n) is 2.64. The molecule has 0 spiro atoms. The summed E-state index contributed by atoms with van der Waals surface area (Å²) in [7, 11) is 0. The topological polar surface area (TPSA) is 38.3 Å². The fraction of sp³-hybridized carbons (Fsp3) is 0.611. The van der Waals surface area contributed by atoms with Crippen LogP contribution in [-0.2, 0) is 16.0 Å². The van der Waals surface area contributed by atoms with E-state index in [9.17, 15) is 4.79 Å². The maximum Gasteiger partial charge on any atom is 0.139 e. The van der Waals surface area contributed by atoms with Crippen LogP contribution in [0, 0.1) is 0 Å². The van der Waals surface area contributed by atoms with E-state index < -0.39 is 0 Å². The Morgan fingerprint density at radius 2 is 1.90 bits per heavy atom. The average molecular weight is 289 g/mol. The van der Waals surface area contributed by atoms with E-state index in [1.165, 1.54) is 5.56 Å². The van der Waals surface area contributed by atoms with E-state index in [1.807, 2.05) is 0 Å². The number of piperidine rings is 1. The van der Waals surface area contributed by atoms with Crippen LogP contribution in [0.25, 0.3) is 0 Å². The SMILES string of the molecule is CC(C)c1ccc(CC(=O)CCOC2CCNCC2)cc1. The van der Waals surface area contributed by atoms with Gasteiger partial charge < -0.3 is 10.1 Å². The van der Waals surface area contributed by atoms with Crippen LogP contribution in [0.15, 0.2) is 24.3 Å². The second-order valence-corrected chi connectivity index (χ2v) is 6.18. The van der Waals surface area contributed by atoms with Crippen molar-refractivity contribution in [2.75, 3.05) is 19.7 Å². The van der Waals surface area contributed by atoms with Gasteiger partial charge in [-0.25, -0.2) is 0 Å². The third-order valence-electron chi connectivity index (χ3n) is 4.07. The highest BCUT2D eigenvalue weighted by molar-refractivity contribution is 5.80. The van der Waals surface area contributed by atoms with Gasteiger partial charge in [0.1, 0.15) is 5.78 Å². The molecule has 1 heterocycles. The van der Waals surface area contributed by atoms with Crippen LogP contribution in [0.2, 0.25) is 0 Å². The van der Waals surface area contributed by atoms with Gasteiger partial charge in [-0.15, -0.1) is 0 Å². The van der Waals surface area contributed by atoms with Crippen molar-refractivity contribution in [3.63, 3.8) is 0 Å². The number of nitrogens with one attached hydrogen (secondary N) is 1. The normalized spacial score (nSPS) is 16.3. The summed E-state index contributed by atoms with van der Waals surface area (Å²) in [6.07, 6.45) is 3.50. The van der Waals surface area contributed by atoms with Gasteiger partial charge in [-0.3, -0.25) is 4.79 Å². The second-order valence-electron chi connectivity index (χ2n) is 6.18. The van der Waals surface area contributed by atoms with Gasteiger partial charge in [-0.1, -0.05) is 38.1 Å². The second kappa shape index (κ2) is 8.30. The molecule has 0 amide bonds. The number of hydrogen-bond acceptors (Lipinski definition) is 3. The maximum absolute atomic E-state index is 12.0. The number of carbonyl (C=O) groups excluding carboxylic acids is 1. The molecular weight excluding hydrogens is 262 g/mol. The van der Waals surface area contributed by atoms with Crippen molar-refractivity contribution >= 4 is 5.78 Å². The van der Waals surface area contributed by atoms with Crippen LogP contribution >= 0.6 is 0 Å². The molecule has 1 fully saturated rings. The molecule has 0 radical (unpaired) electrons. The molecule has 1 N–H and O–H groups in total. The van der Waals surface area contributed by atoms with E-state index in [1.54, 1.807) is 0 Å². The van der Waals surface area contributed by atoms with Crippen molar-refractivity contribution in [2.24, 2.45) is 0 Å². The molecular formula is C18H27NO2. The molecule has 0 saturated carbocycles. The van der Waals surface area contributed by atoms with Gasteiger partial charge in [0.05, 0.1) is 12.7 Å². The number of carbonyl (C=O) groups is 1. The minimum Gasteiger partial charge on any atom is -0.378 e. The summed E-state index contributed by atoms with van der Waals surface area (Å²) in [6, 6.07) is 8.39. The van der Waals surface area contributed by atoms with E-state index in [-0.39, 0.29) is 5.78 Å². The van der Waals surface area contributed by atoms with Crippen molar-refractivity contribution < 1.29 is 9.53 Å². The minimum absolute atomic E-state index is 0.265. The van der Waals surface area contributed by atoms with E-state index in [2.05, 4.69) is 43.4 Å². The molecule has 0 aliphatic carbocycles. The molecule has 0 atom stereocenters. The lowest BCUT2D eigenvalue weighted by Gasteiger charge is -2.22. The molecule has 1 aromatic carbocycles. The van der Waals surface area contributed by atoms with Crippen molar-refractivity contribution in [1.29, 1.82) is 0 Å². The van der Waals surface area contributed by atoms with Crippen LogP contribution < -0.4 is 5.32 Å². The van der Waals surface area contributed by atoms with Gasteiger partial charge in [-0.2, -0.15) is 0 Å². The highest BCUT2D eigenvalue weighted by Gasteiger charge is 2.13. The van der Waals surface area contributed by atoms with Crippen molar-refractivity contribution in [3.05, 3.63) is 35.4 Å². The maximum atomic E-state index is 12.0. The Hall–Kier alpha value is -1.19. The van der Waals surface area contributed by atoms with Gasteiger partial charge in [-0.05, 0) is 43.0 Å². The van der Waals surface area contributed by atoms with Gasteiger partial charge in [0.15, 0.2) is 0 Å². The smallest absolute Gasteiger partial charge is 0.139 e. The minimum atomic E-state index is 0.265. The van der Waals surface area contributed by atoms with Crippen LogP contribution in [0.3, 0.4) is 0 Å². The molecule has 1 aliphatic heterocycles. The van der Waals surface area contributed by atoms with Gasteiger partial charge in [0.2, 0.25) is 0 Å². The van der Waals surface area contributed by atoms with E-state index in [4.69, 9.17) is 4.74 Å². The third kappa shape index (κ3) is 5.60. The molecule has 0 bridgehead atoms. The van der Waals surface area contributed by atoms with Gasteiger partial charge in [0.25, 0.3) is 0 Å². The molecule has 3 nitrogen and oxygen atoms in total. The number of Topliss-reactive ketones (excluding diaryl/α,β-unsaturated/α-hetero) is 1. The van der Waals surface area contributed by atoms with Crippen LogP contribution in [-0.4, -0.2) is 31.6 Å². The Bertz CT molecular complexity index is 433. The molecule has 116 valence electrons. The standard InChI is InChI=1S/C18H27NO2/c1-14(2)16-5-3-15(4-6-16)13-17(20)9-12-21-18-7-10-19-11-8-18/h3-6,14,18-19H,7-13H2,1-2H3. The van der Waals surface area contributed by atoms with Crippen molar-refractivity contribution in [1.82, 2.24) is 5.32 Å². The molecule has 1 aliphatic rings. The van der Waals surface area contributed by atoms with E-state index >= 15 is 0 Å². The first-order valence-electron chi connectivity index (χ1n) is 8.08. The predicted molar refractivity (Wildman–Crippen MR) is 85.7 cm³/mol. The van der Waals surface area contributed by atoms with Gasteiger partial charge >= 0.3 is 0 Å². The van der Waals surface area contributed by atoms with Crippen LogP contribution in [0.1, 0.15) is 50.2 Å². The lowest BCUT2D eigenvalue weighted by Crippen LogP contribution is -2.32. The Labute approximate surface area is 128 Å². The number of benzene rings is 1. The number of hydrogen-bond donors (Lipinski definition) is 1. The largest absolute Gasteiger partial charge is 0.378 e. The monoisotopic (exact) mass is 289 g/mol. The molecule has 21 heavy (non-hydrogen) atoms. The van der Waals surface area contributed by atoms with Gasteiger partial charge in [0, 0.05) is 12.8 Å². The van der Waals surface area contributed by atoms with Crippen LogP contribution in [0.5, 0.6) is 0 Å². The lowest BCUT2D eigenvalue weighted by atomic mass is 9.99. The molecule has 3 heteroatoms. The Kier molecular flexibility index (Phi) is 6.40. The van der Waals surface area contributed by atoms with Crippen molar-refractivity contribution in [2.45, 2.75) is 51.6 Å². The number of ketones is 1. The van der Waals surface area contributed by atoms with Crippen LogP contribution in [0.4, 0.5) is 0 Å². The quantitative estimate of drug-likeness (QED) is 0.838. The molecule has 2 rings (SSSR count). The van der Waals surface area contributed by atoms with E-state index in [0.717, 1.165) is 31.5 Å². The summed E-state index contributed by atoms with van der Waals surface area (Å²) in [5, 5.41) is 3.31. The summed E-state index contributed by atoms with van der Waals surface area (Å²) >= 11 is 0. The average Bonchev–Trinajstić information content (AvgIpc) is 2.49. The summed E-state index contributed by atoms with van der Waals surface area (Å²) < 4.78 is 5.78. The number of rotatable bonds is 7. The first-order valence-corrected chi connectivity index (χ1v) is 8.08.